The normalized spacial score (nSPS) is 26.4. The molecule has 2 atom stereocenters. The molecule has 2 rings (SSSR count). The monoisotopic (exact) mass is 346 g/mol. The highest BCUT2D eigenvalue weighted by Crippen LogP contribution is 2.48. The van der Waals surface area contributed by atoms with E-state index in [9.17, 15) is 5.11 Å². The van der Waals surface area contributed by atoms with E-state index in [0.717, 1.165) is 16.5 Å². The summed E-state index contributed by atoms with van der Waals surface area (Å²) in [5.74, 6) is 0.0391. The largest absolute Gasteiger partial charge is 0.388 e. The number of aliphatic hydroxyl groups excluding tert-OH is 1. The van der Waals surface area contributed by atoms with Gasteiger partial charge in [0.15, 0.2) is 0 Å². The van der Waals surface area contributed by atoms with Gasteiger partial charge in [-0.1, -0.05) is 27.5 Å². The third kappa shape index (κ3) is 3.15. The van der Waals surface area contributed by atoms with E-state index in [1.807, 2.05) is 32.0 Å². The average molecular weight is 348 g/mol. The summed E-state index contributed by atoms with van der Waals surface area (Å²) in [4.78, 5) is 0. The molecule has 0 amide bonds. The van der Waals surface area contributed by atoms with Gasteiger partial charge in [0, 0.05) is 15.4 Å². The van der Waals surface area contributed by atoms with Gasteiger partial charge in [-0.15, -0.1) is 0 Å². The lowest BCUT2D eigenvalue weighted by atomic mass is 9.80. The summed E-state index contributed by atoms with van der Waals surface area (Å²) in [5.41, 5.74) is 0.261. The average Bonchev–Trinajstić information content (AvgIpc) is 2.49. The molecule has 1 aromatic rings. The number of hydrogen-bond donors (Lipinski definition) is 1. The van der Waals surface area contributed by atoms with Gasteiger partial charge in [-0.3, -0.25) is 0 Å². The fourth-order valence-corrected chi connectivity index (χ4v) is 3.72. The first kappa shape index (κ1) is 15.3. The number of benzene rings is 1. The maximum Gasteiger partial charge on any atom is 0.0858 e. The van der Waals surface area contributed by atoms with Crippen molar-refractivity contribution in [3.05, 3.63) is 33.3 Å². The molecule has 19 heavy (non-hydrogen) atoms. The highest BCUT2D eigenvalue weighted by molar-refractivity contribution is 9.10. The zero-order chi connectivity index (χ0) is 14.4. The quantitative estimate of drug-likeness (QED) is 0.838. The molecule has 1 fully saturated rings. The predicted octanol–water partition coefficient (Wildman–Crippen LogP) is 4.73. The van der Waals surface area contributed by atoms with E-state index in [-0.39, 0.29) is 17.1 Å². The molecule has 106 valence electrons. The molecule has 2 nitrogen and oxygen atoms in total. The van der Waals surface area contributed by atoms with Crippen molar-refractivity contribution < 1.29 is 9.84 Å². The minimum absolute atomic E-state index is 0.0391. The Labute approximate surface area is 128 Å². The molecule has 2 unspecified atom stereocenters. The zero-order valence-electron chi connectivity index (χ0n) is 11.7. The Morgan fingerprint density at radius 2 is 2.00 bits per heavy atom. The number of rotatable bonds is 2. The van der Waals surface area contributed by atoms with Crippen LogP contribution >= 0.6 is 27.5 Å². The molecule has 0 aromatic heterocycles. The van der Waals surface area contributed by atoms with Gasteiger partial charge in [-0.25, -0.2) is 0 Å². The Morgan fingerprint density at radius 1 is 1.37 bits per heavy atom. The summed E-state index contributed by atoms with van der Waals surface area (Å²) in [6, 6.07) is 5.49. The SMILES string of the molecule is CC1(C)CC(C(O)c2cc(Cl)ccc2Br)C(C)(C)O1. The van der Waals surface area contributed by atoms with E-state index in [1.165, 1.54) is 0 Å². The predicted molar refractivity (Wildman–Crippen MR) is 81.5 cm³/mol. The molecular formula is C15H20BrClO2. The molecule has 4 heteroatoms. The molecule has 1 saturated heterocycles. The van der Waals surface area contributed by atoms with Crippen LogP contribution in [0.25, 0.3) is 0 Å². The standard InChI is InChI=1S/C15H20BrClO2/c1-14(2)8-11(15(3,4)19-14)13(18)10-7-9(17)5-6-12(10)16/h5-7,11,13,18H,8H2,1-4H3. The number of aliphatic hydroxyl groups is 1. The van der Waals surface area contributed by atoms with E-state index in [2.05, 4.69) is 29.8 Å². The van der Waals surface area contributed by atoms with E-state index in [0.29, 0.717) is 5.02 Å². The van der Waals surface area contributed by atoms with E-state index < -0.39 is 6.10 Å². The maximum atomic E-state index is 10.7. The third-order valence-corrected chi connectivity index (χ3v) is 4.76. The molecule has 0 spiro atoms. The molecule has 0 aliphatic carbocycles. The lowest BCUT2D eigenvalue weighted by Gasteiger charge is -2.31. The second kappa shape index (κ2) is 5.03. The van der Waals surface area contributed by atoms with E-state index in [1.54, 1.807) is 0 Å². The van der Waals surface area contributed by atoms with Crippen LogP contribution in [0.4, 0.5) is 0 Å². The second-order valence-corrected chi connectivity index (χ2v) is 7.68. The van der Waals surface area contributed by atoms with Gasteiger partial charge in [0.25, 0.3) is 0 Å². The fourth-order valence-electron chi connectivity index (χ4n) is 3.05. The van der Waals surface area contributed by atoms with Gasteiger partial charge >= 0.3 is 0 Å². The summed E-state index contributed by atoms with van der Waals surface area (Å²) < 4.78 is 6.93. The lowest BCUT2D eigenvalue weighted by Crippen LogP contribution is -2.32. The van der Waals surface area contributed by atoms with Gasteiger partial charge in [-0.05, 0) is 57.9 Å². The van der Waals surface area contributed by atoms with Gasteiger partial charge in [0.05, 0.1) is 17.3 Å². The first-order valence-electron chi connectivity index (χ1n) is 6.45. The Morgan fingerprint density at radius 3 is 2.53 bits per heavy atom. The molecule has 1 aromatic carbocycles. The first-order valence-corrected chi connectivity index (χ1v) is 7.63. The van der Waals surface area contributed by atoms with Crippen molar-refractivity contribution in [1.29, 1.82) is 0 Å². The molecule has 1 aliphatic rings. The van der Waals surface area contributed by atoms with Crippen LogP contribution < -0.4 is 0 Å². The molecule has 1 N–H and O–H groups in total. The molecule has 0 saturated carbocycles. The Bertz CT molecular complexity index is 485. The van der Waals surface area contributed by atoms with Crippen LogP contribution in [0.15, 0.2) is 22.7 Å². The smallest absolute Gasteiger partial charge is 0.0858 e. The van der Waals surface area contributed by atoms with Gasteiger partial charge in [-0.2, -0.15) is 0 Å². The van der Waals surface area contributed by atoms with Crippen LogP contribution in [0.2, 0.25) is 5.02 Å². The molecule has 1 heterocycles. The fraction of sp³-hybridized carbons (Fsp3) is 0.600. The molecule has 0 bridgehead atoms. The summed E-state index contributed by atoms with van der Waals surface area (Å²) in [7, 11) is 0. The minimum Gasteiger partial charge on any atom is -0.388 e. The Kier molecular flexibility index (Phi) is 4.05. The number of ether oxygens (including phenoxy) is 1. The Hall–Kier alpha value is -0.0900. The summed E-state index contributed by atoms with van der Waals surface area (Å²) in [5, 5.41) is 11.4. The zero-order valence-corrected chi connectivity index (χ0v) is 14.0. The van der Waals surface area contributed by atoms with Crippen molar-refractivity contribution in [2.45, 2.75) is 51.4 Å². The van der Waals surface area contributed by atoms with Crippen LogP contribution in [0.1, 0.15) is 45.8 Å². The Balaban J connectivity index is 2.34. The van der Waals surface area contributed by atoms with E-state index in [4.69, 9.17) is 16.3 Å². The van der Waals surface area contributed by atoms with Crippen LogP contribution in [-0.4, -0.2) is 16.3 Å². The summed E-state index contributed by atoms with van der Waals surface area (Å²) >= 11 is 9.52. The van der Waals surface area contributed by atoms with Gasteiger partial charge in [0.1, 0.15) is 0 Å². The second-order valence-electron chi connectivity index (χ2n) is 6.39. The topological polar surface area (TPSA) is 29.5 Å². The van der Waals surface area contributed by atoms with E-state index >= 15 is 0 Å². The summed E-state index contributed by atoms with van der Waals surface area (Å²) in [6.07, 6.45) is 0.227. The van der Waals surface area contributed by atoms with Crippen LogP contribution in [0.5, 0.6) is 0 Å². The van der Waals surface area contributed by atoms with Crippen LogP contribution in [-0.2, 0) is 4.74 Å². The highest BCUT2D eigenvalue weighted by atomic mass is 79.9. The van der Waals surface area contributed by atoms with Crippen molar-refractivity contribution in [1.82, 2.24) is 0 Å². The van der Waals surface area contributed by atoms with Crippen molar-refractivity contribution in [3.63, 3.8) is 0 Å². The van der Waals surface area contributed by atoms with Crippen molar-refractivity contribution in [3.8, 4) is 0 Å². The van der Waals surface area contributed by atoms with Crippen molar-refractivity contribution in [2.75, 3.05) is 0 Å². The highest BCUT2D eigenvalue weighted by Gasteiger charge is 2.49. The van der Waals surface area contributed by atoms with Crippen LogP contribution in [0.3, 0.4) is 0 Å². The van der Waals surface area contributed by atoms with Crippen molar-refractivity contribution in [2.24, 2.45) is 5.92 Å². The van der Waals surface area contributed by atoms with Gasteiger partial charge in [0.2, 0.25) is 0 Å². The van der Waals surface area contributed by atoms with Crippen LogP contribution in [0, 0.1) is 5.92 Å². The molecule has 0 radical (unpaired) electrons. The lowest BCUT2D eigenvalue weighted by molar-refractivity contribution is -0.0880. The van der Waals surface area contributed by atoms with Crippen molar-refractivity contribution >= 4 is 27.5 Å². The van der Waals surface area contributed by atoms with Gasteiger partial charge < -0.3 is 9.84 Å². The maximum absolute atomic E-state index is 10.7. The minimum atomic E-state index is -0.593. The number of halogens is 2. The molecule has 1 aliphatic heterocycles. The third-order valence-electron chi connectivity index (χ3n) is 3.80. The summed E-state index contributed by atoms with van der Waals surface area (Å²) in [6.45, 7) is 8.20. The number of hydrogen-bond acceptors (Lipinski definition) is 2. The first-order chi connectivity index (χ1) is 8.62. The molecular weight excluding hydrogens is 328 g/mol.